The lowest BCUT2D eigenvalue weighted by Crippen LogP contribution is -2.01. The van der Waals surface area contributed by atoms with Crippen LogP contribution in [0.25, 0.3) is 22.0 Å². The van der Waals surface area contributed by atoms with Gasteiger partial charge >= 0.3 is 0 Å². The lowest BCUT2D eigenvalue weighted by atomic mass is 10.0. The zero-order chi connectivity index (χ0) is 12.5. The second-order valence-electron chi connectivity index (χ2n) is 4.14. The lowest BCUT2D eigenvalue weighted by molar-refractivity contribution is 0.477. The molecule has 0 saturated carbocycles. The Balaban J connectivity index is 2.23. The van der Waals surface area contributed by atoms with Crippen molar-refractivity contribution in [2.24, 2.45) is 0 Å². The molecule has 0 saturated heterocycles. The number of aromatic hydroxyl groups is 1. The van der Waals surface area contributed by atoms with Gasteiger partial charge in [-0.25, -0.2) is 0 Å². The van der Waals surface area contributed by atoms with Crippen LogP contribution in [0.4, 0.5) is 0 Å². The molecule has 0 aliphatic rings. The quantitative estimate of drug-likeness (QED) is 0.683. The number of phenolic OH excluding ortho intramolecular Hbond substituents is 1. The summed E-state index contributed by atoms with van der Waals surface area (Å²) in [5.41, 5.74) is 2.39. The zero-order valence-electron chi connectivity index (χ0n) is 9.55. The van der Waals surface area contributed by atoms with Crippen LogP contribution in [0.15, 0.2) is 59.4 Å². The van der Waals surface area contributed by atoms with Crippen molar-refractivity contribution in [1.29, 1.82) is 0 Å². The van der Waals surface area contributed by atoms with Crippen molar-refractivity contribution in [3.05, 3.63) is 65.0 Å². The maximum Gasteiger partial charge on any atom is 0.248 e. The van der Waals surface area contributed by atoms with Crippen LogP contribution in [0.2, 0.25) is 0 Å². The Kier molecular flexibility index (Phi) is 2.38. The van der Waals surface area contributed by atoms with Crippen LogP contribution in [0, 0.1) is 0 Å². The molecule has 0 atom stereocenters. The Hall–Kier alpha value is -2.55. The number of hydrogen-bond donors (Lipinski definition) is 2. The Bertz CT molecular complexity index is 775. The summed E-state index contributed by atoms with van der Waals surface area (Å²) in [5, 5.41) is 10.8. The molecule has 0 bridgehead atoms. The molecule has 0 amide bonds. The van der Waals surface area contributed by atoms with E-state index in [1.165, 1.54) is 6.07 Å². The Morgan fingerprint density at radius 1 is 0.944 bits per heavy atom. The van der Waals surface area contributed by atoms with Gasteiger partial charge in [-0.3, -0.25) is 4.79 Å². The topological polar surface area (TPSA) is 53.1 Å². The summed E-state index contributed by atoms with van der Waals surface area (Å²) < 4.78 is 0. The number of phenols is 1. The molecule has 2 aromatic carbocycles. The summed E-state index contributed by atoms with van der Waals surface area (Å²) in [6.07, 6.45) is 0. The van der Waals surface area contributed by atoms with Gasteiger partial charge in [0.15, 0.2) is 0 Å². The molecule has 2 N–H and O–H groups in total. The van der Waals surface area contributed by atoms with Crippen LogP contribution in [-0.4, -0.2) is 10.1 Å². The highest BCUT2D eigenvalue weighted by molar-refractivity contribution is 5.85. The number of pyridine rings is 1. The minimum absolute atomic E-state index is 0.113. The van der Waals surface area contributed by atoms with E-state index in [0.717, 1.165) is 22.0 Å². The normalized spacial score (nSPS) is 10.7. The summed E-state index contributed by atoms with van der Waals surface area (Å²) >= 11 is 0. The highest BCUT2D eigenvalue weighted by atomic mass is 16.3. The summed E-state index contributed by atoms with van der Waals surface area (Å²) in [6, 6.07) is 16.1. The molecule has 0 aliphatic heterocycles. The number of fused-ring (bicyclic) bond motifs is 1. The lowest BCUT2D eigenvalue weighted by Gasteiger charge is -2.05. The molecule has 88 valence electrons. The minimum atomic E-state index is -0.113. The number of benzene rings is 2. The van der Waals surface area contributed by atoms with E-state index < -0.39 is 0 Å². The SMILES string of the molecule is O=c1ccc2cc(-c3ccccc3O)ccc2[nH]1. The van der Waals surface area contributed by atoms with Crippen LogP contribution in [0.3, 0.4) is 0 Å². The van der Waals surface area contributed by atoms with E-state index >= 15 is 0 Å². The van der Waals surface area contributed by atoms with Crippen molar-refractivity contribution in [2.75, 3.05) is 0 Å². The first-order chi connectivity index (χ1) is 8.74. The summed E-state index contributed by atoms with van der Waals surface area (Å²) in [7, 11) is 0. The molecule has 1 heterocycles. The van der Waals surface area contributed by atoms with Crippen LogP contribution < -0.4 is 5.56 Å². The molecule has 0 aliphatic carbocycles. The highest BCUT2D eigenvalue weighted by Gasteiger charge is 2.04. The van der Waals surface area contributed by atoms with E-state index in [1.54, 1.807) is 18.2 Å². The maximum atomic E-state index is 11.2. The summed E-state index contributed by atoms with van der Waals surface area (Å²) in [6.45, 7) is 0. The predicted molar refractivity (Wildman–Crippen MR) is 71.7 cm³/mol. The minimum Gasteiger partial charge on any atom is -0.507 e. The highest BCUT2D eigenvalue weighted by Crippen LogP contribution is 2.30. The van der Waals surface area contributed by atoms with Crippen LogP contribution in [-0.2, 0) is 0 Å². The van der Waals surface area contributed by atoms with Gasteiger partial charge in [0.25, 0.3) is 0 Å². The number of rotatable bonds is 1. The summed E-state index contributed by atoms with van der Waals surface area (Å²) in [4.78, 5) is 14.0. The van der Waals surface area contributed by atoms with E-state index in [0.29, 0.717) is 0 Å². The standard InChI is InChI=1S/C15H11NO2/c17-14-4-2-1-3-12(14)10-5-7-13-11(9-10)6-8-15(18)16-13/h1-9,17H,(H,16,18). The predicted octanol–water partition coefficient (Wildman–Crippen LogP) is 2.90. The Labute approximate surface area is 103 Å². The van der Waals surface area contributed by atoms with E-state index in [1.807, 2.05) is 30.3 Å². The third-order valence-electron chi connectivity index (χ3n) is 2.94. The summed E-state index contributed by atoms with van der Waals surface area (Å²) in [5.74, 6) is 0.251. The molecule has 3 aromatic rings. The largest absolute Gasteiger partial charge is 0.507 e. The first kappa shape index (κ1) is 10.6. The fraction of sp³-hybridized carbons (Fsp3) is 0. The van der Waals surface area contributed by atoms with E-state index in [4.69, 9.17) is 0 Å². The van der Waals surface area contributed by atoms with Gasteiger partial charge in [0.05, 0.1) is 0 Å². The Morgan fingerprint density at radius 2 is 1.78 bits per heavy atom. The number of nitrogens with one attached hydrogen (secondary N) is 1. The molecule has 1 aromatic heterocycles. The van der Waals surface area contributed by atoms with E-state index in [2.05, 4.69) is 4.98 Å². The van der Waals surface area contributed by atoms with Crippen LogP contribution in [0.5, 0.6) is 5.75 Å². The second kappa shape index (κ2) is 4.04. The first-order valence-electron chi connectivity index (χ1n) is 5.65. The number of H-pyrrole nitrogens is 1. The van der Waals surface area contributed by atoms with Gasteiger partial charge < -0.3 is 10.1 Å². The molecule has 3 heteroatoms. The Morgan fingerprint density at radius 3 is 2.61 bits per heavy atom. The van der Waals surface area contributed by atoms with Gasteiger partial charge in [0.1, 0.15) is 5.75 Å². The fourth-order valence-electron chi connectivity index (χ4n) is 2.04. The van der Waals surface area contributed by atoms with Crippen molar-refractivity contribution in [3.8, 4) is 16.9 Å². The average Bonchev–Trinajstić information content (AvgIpc) is 2.39. The molecule has 0 spiro atoms. The number of hydrogen-bond acceptors (Lipinski definition) is 2. The second-order valence-corrected chi connectivity index (χ2v) is 4.14. The van der Waals surface area contributed by atoms with Crippen LogP contribution in [0.1, 0.15) is 0 Å². The van der Waals surface area contributed by atoms with Gasteiger partial charge in [0.2, 0.25) is 5.56 Å². The van der Waals surface area contributed by atoms with Crippen molar-refractivity contribution < 1.29 is 5.11 Å². The monoisotopic (exact) mass is 237 g/mol. The fourth-order valence-corrected chi connectivity index (χ4v) is 2.04. The molecular weight excluding hydrogens is 226 g/mol. The van der Waals surface area contributed by atoms with Crippen molar-refractivity contribution in [3.63, 3.8) is 0 Å². The van der Waals surface area contributed by atoms with E-state index in [-0.39, 0.29) is 11.3 Å². The first-order valence-corrected chi connectivity index (χ1v) is 5.65. The van der Waals surface area contributed by atoms with Crippen molar-refractivity contribution in [2.45, 2.75) is 0 Å². The molecule has 3 nitrogen and oxygen atoms in total. The van der Waals surface area contributed by atoms with E-state index in [9.17, 15) is 9.90 Å². The van der Waals surface area contributed by atoms with Gasteiger partial charge in [-0.1, -0.05) is 24.3 Å². The molecule has 3 rings (SSSR count). The zero-order valence-corrected chi connectivity index (χ0v) is 9.55. The molecule has 0 radical (unpaired) electrons. The smallest absolute Gasteiger partial charge is 0.248 e. The van der Waals surface area contributed by atoms with Crippen molar-refractivity contribution in [1.82, 2.24) is 4.98 Å². The number of aromatic nitrogens is 1. The third kappa shape index (κ3) is 1.76. The van der Waals surface area contributed by atoms with Crippen molar-refractivity contribution >= 4 is 10.9 Å². The molecule has 0 fully saturated rings. The maximum absolute atomic E-state index is 11.2. The van der Waals surface area contributed by atoms with Gasteiger partial charge in [-0.05, 0) is 35.2 Å². The number of para-hydroxylation sites is 1. The number of aromatic amines is 1. The molecule has 0 unspecified atom stereocenters. The average molecular weight is 237 g/mol. The molecule has 18 heavy (non-hydrogen) atoms. The van der Waals surface area contributed by atoms with Crippen LogP contribution >= 0.6 is 0 Å². The molecular formula is C15H11NO2. The van der Waals surface area contributed by atoms with Gasteiger partial charge in [-0.2, -0.15) is 0 Å². The van der Waals surface area contributed by atoms with Gasteiger partial charge in [0, 0.05) is 17.1 Å². The van der Waals surface area contributed by atoms with Gasteiger partial charge in [-0.15, -0.1) is 0 Å². The third-order valence-corrected chi connectivity index (χ3v) is 2.94.